The Labute approximate surface area is 189 Å². The average Bonchev–Trinajstić information content (AvgIpc) is 3.21. The zero-order valence-electron chi connectivity index (χ0n) is 17.9. The molecule has 0 radical (unpaired) electrons. The average molecular weight is 457 g/mol. The van der Waals surface area contributed by atoms with Crippen LogP contribution in [0.3, 0.4) is 0 Å². The molecule has 6 nitrogen and oxygen atoms in total. The van der Waals surface area contributed by atoms with Crippen molar-refractivity contribution in [3.63, 3.8) is 0 Å². The molecule has 0 N–H and O–H groups in total. The molecule has 0 fully saturated rings. The Hall–Kier alpha value is -2.97. The number of pyridine rings is 1. The first-order chi connectivity index (χ1) is 15.6. The highest BCUT2D eigenvalue weighted by atomic mass is 32.1. The van der Waals surface area contributed by atoms with E-state index in [2.05, 4.69) is 11.0 Å². The van der Waals surface area contributed by atoms with Crippen molar-refractivity contribution in [1.29, 1.82) is 0 Å². The number of halogens is 1. The Morgan fingerprint density at radius 3 is 2.75 bits per heavy atom. The van der Waals surface area contributed by atoms with Crippen molar-refractivity contribution in [2.45, 2.75) is 25.9 Å². The maximum Gasteiger partial charge on any atom is 0.343 e. The fraction of sp³-hybridized carbons (Fsp3) is 0.333. The largest absolute Gasteiger partial charge is 0.492 e. The summed E-state index contributed by atoms with van der Waals surface area (Å²) in [5.74, 6) is -0.658. The van der Waals surface area contributed by atoms with E-state index >= 15 is 0 Å². The number of ether oxygens (including phenoxy) is 2. The summed E-state index contributed by atoms with van der Waals surface area (Å²) in [5, 5.41) is 2.05. The van der Waals surface area contributed by atoms with Gasteiger partial charge in [0.25, 0.3) is 5.56 Å². The minimum Gasteiger partial charge on any atom is -0.492 e. The Morgan fingerprint density at radius 2 is 2.00 bits per heavy atom. The summed E-state index contributed by atoms with van der Waals surface area (Å²) in [5.41, 5.74) is 1.20. The van der Waals surface area contributed by atoms with Crippen LogP contribution in [0.2, 0.25) is 0 Å². The van der Waals surface area contributed by atoms with Crippen LogP contribution in [0.5, 0.6) is 5.75 Å². The van der Waals surface area contributed by atoms with Gasteiger partial charge >= 0.3 is 5.97 Å². The normalized spacial score (nSPS) is 13.9. The van der Waals surface area contributed by atoms with E-state index in [4.69, 9.17) is 9.47 Å². The van der Waals surface area contributed by atoms with Gasteiger partial charge < -0.3 is 14.0 Å². The molecule has 0 saturated heterocycles. The van der Waals surface area contributed by atoms with Crippen LogP contribution < -0.4 is 10.3 Å². The van der Waals surface area contributed by atoms with Gasteiger partial charge in [-0.25, -0.2) is 9.18 Å². The zero-order valence-corrected chi connectivity index (χ0v) is 18.7. The molecule has 0 aliphatic carbocycles. The van der Waals surface area contributed by atoms with Crippen LogP contribution in [0.15, 0.2) is 52.6 Å². The maximum atomic E-state index is 13.9. The molecule has 1 aromatic carbocycles. The lowest BCUT2D eigenvalue weighted by atomic mass is 10.1. The molecule has 2 aromatic heterocycles. The molecular weight excluding hydrogens is 431 g/mol. The number of esters is 1. The molecular formula is C24H25FN2O4S. The van der Waals surface area contributed by atoms with E-state index in [1.54, 1.807) is 34.1 Å². The second-order valence-electron chi connectivity index (χ2n) is 7.61. The SMILES string of the molecule is COC(=O)c1c(OCCc2ccccc2F)cc(=O)n2c1CCN(Cc1cccs1)CC2. The van der Waals surface area contributed by atoms with Crippen LogP contribution in [-0.4, -0.2) is 42.2 Å². The molecule has 3 aromatic rings. The third-order valence-corrected chi connectivity index (χ3v) is 6.48. The number of carbonyl (C=O) groups is 1. The van der Waals surface area contributed by atoms with Crippen molar-refractivity contribution in [1.82, 2.24) is 9.47 Å². The smallest absolute Gasteiger partial charge is 0.343 e. The molecule has 0 bridgehead atoms. The van der Waals surface area contributed by atoms with Crippen LogP contribution in [0.25, 0.3) is 0 Å². The number of fused-ring (bicyclic) bond motifs is 1. The first-order valence-electron chi connectivity index (χ1n) is 10.5. The van der Waals surface area contributed by atoms with Gasteiger partial charge in [-0.15, -0.1) is 11.3 Å². The second kappa shape index (κ2) is 10.1. The summed E-state index contributed by atoms with van der Waals surface area (Å²) >= 11 is 1.70. The van der Waals surface area contributed by atoms with Crippen LogP contribution in [0, 0.1) is 5.82 Å². The first-order valence-corrected chi connectivity index (χ1v) is 11.4. The van der Waals surface area contributed by atoms with E-state index in [0.29, 0.717) is 43.7 Å². The summed E-state index contributed by atoms with van der Waals surface area (Å²) < 4.78 is 26.4. The molecule has 0 atom stereocenters. The molecule has 8 heteroatoms. The van der Waals surface area contributed by atoms with E-state index in [0.717, 1.165) is 6.54 Å². The van der Waals surface area contributed by atoms with E-state index in [1.807, 2.05) is 11.4 Å². The van der Waals surface area contributed by atoms with Gasteiger partial charge in [-0.3, -0.25) is 9.69 Å². The lowest BCUT2D eigenvalue weighted by molar-refractivity contribution is 0.0593. The van der Waals surface area contributed by atoms with E-state index < -0.39 is 5.97 Å². The number of nitrogens with zero attached hydrogens (tertiary/aromatic N) is 2. The molecule has 3 heterocycles. The topological polar surface area (TPSA) is 60.8 Å². The number of thiophene rings is 1. The summed E-state index contributed by atoms with van der Waals surface area (Å²) in [6.45, 7) is 2.84. The van der Waals surface area contributed by atoms with Gasteiger partial charge in [-0.05, 0) is 23.1 Å². The summed E-state index contributed by atoms with van der Waals surface area (Å²) in [4.78, 5) is 29.1. The number of aromatic nitrogens is 1. The highest BCUT2D eigenvalue weighted by molar-refractivity contribution is 7.09. The third kappa shape index (κ3) is 4.92. The van der Waals surface area contributed by atoms with Crippen LogP contribution in [0.4, 0.5) is 4.39 Å². The minimum atomic E-state index is -0.540. The lowest BCUT2D eigenvalue weighted by Gasteiger charge is -2.18. The molecule has 1 aliphatic rings. The molecule has 0 amide bonds. The quantitative estimate of drug-likeness (QED) is 0.509. The highest BCUT2D eigenvalue weighted by Crippen LogP contribution is 2.25. The van der Waals surface area contributed by atoms with Gasteiger partial charge in [0.2, 0.25) is 0 Å². The van der Waals surface area contributed by atoms with Crippen molar-refractivity contribution < 1.29 is 18.7 Å². The predicted molar refractivity (Wildman–Crippen MR) is 121 cm³/mol. The summed E-state index contributed by atoms with van der Waals surface area (Å²) in [7, 11) is 1.31. The van der Waals surface area contributed by atoms with E-state index in [-0.39, 0.29) is 29.3 Å². The highest BCUT2D eigenvalue weighted by Gasteiger charge is 2.26. The van der Waals surface area contributed by atoms with Gasteiger partial charge in [0.1, 0.15) is 17.1 Å². The molecule has 1 aliphatic heterocycles. The van der Waals surface area contributed by atoms with Gasteiger partial charge in [0.05, 0.1) is 13.7 Å². The molecule has 4 rings (SSSR count). The third-order valence-electron chi connectivity index (χ3n) is 5.62. The van der Waals surface area contributed by atoms with Crippen molar-refractivity contribution in [3.05, 3.63) is 85.7 Å². The monoisotopic (exact) mass is 456 g/mol. The molecule has 168 valence electrons. The van der Waals surface area contributed by atoms with E-state index in [1.165, 1.54) is 24.1 Å². The molecule has 0 unspecified atom stereocenters. The molecule has 0 spiro atoms. The van der Waals surface area contributed by atoms with Gasteiger partial charge in [-0.2, -0.15) is 0 Å². The Morgan fingerprint density at radius 1 is 1.16 bits per heavy atom. The van der Waals surface area contributed by atoms with Gasteiger partial charge in [0.15, 0.2) is 0 Å². The fourth-order valence-corrected chi connectivity index (χ4v) is 4.73. The van der Waals surface area contributed by atoms with Crippen molar-refractivity contribution >= 4 is 17.3 Å². The van der Waals surface area contributed by atoms with Crippen molar-refractivity contribution in [2.24, 2.45) is 0 Å². The molecule has 32 heavy (non-hydrogen) atoms. The number of carbonyl (C=O) groups excluding carboxylic acids is 1. The van der Waals surface area contributed by atoms with Crippen LogP contribution in [0.1, 0.15) is 26.5 Å². The Kier molecular flexibility index (Phi) is 7.02. The maximum absolute atomic E-state index is 13.9. The number of methoxy groups -OCH3 is 1. The van der Waals surface area contributed by atoms with Gasteiger partial charge in [-0.1, -0.05) is 24.3 Å². The number of hydrogen-bond donors (Lipinski definition) is 0. The standard InChI is InChI=1S/C24H25FN2O4S/c1-30-24(29)23-20-8-10-26(16-18-6-4-14-32-18)11-12-27(20)22(28)15-21(23)31-13-9-17-5-2-3-7-19(17)25/h2-7,14-15H,8-13,16H2,1H3. The number of benzene rings is 1. The Bertz CT molecular complexity index is 1140. The second-order valence-corrected chi connectivity index (χ2v) is 8.64. The number of rotatable bonds is 7. The summed E-state index contributed by atoms with van der Waals surface area (Å²) in [6.07, 6.45) is 0.843. The lowest BCUT2D eigenvalue weighted by Crippen LogP contribution is -2.29. The molecule has 0 saturated carbocycles. The predicted octanol–water partition coefficient (Wildman–Crippen LogP) is 3.52. The summed E-state index contributed by atoms with van der Waals surface area (Å²) in [6, 6.07) is 11.9. The van der Waals surface area contributed by atoms with Crippen LogP contribution in [-0.2, 0) is 30.7 Å². The first kappa shape index (κ1) is 22.2. The minimum absolute atomic E-state index is 0.137. The fourth-order valence-electron chi connectivity index (χ4n) is 3.98. The Balaban J connectivity index is 1.57. The van der Waals surface area contributed by atoms with Crippen molar-refractivity contribution in [3.8, 4) is 5.75 Å². The number of hydrogen-bond acceptors (Lipinski definition) is 6. The zero-order chi connectivity index (χ0) is 22.5. The van der Waals surface area contributed by atoms with Gasteiger partial charge in [0, 0.05) is 55.7 Å². The van der Waals surface area contributed by atoms with E-state index in [9.17, 15) is 14.0 Å². The van der Waals surface area contributed by atoms with Crippen LogP contribution >= 0.6 is 11.3 Å². The van der Waals surface area contributed by atoms with Crippen molar-refractivity contribution in [2.75, 3.05) is 26.8 Å².